The number of rotatable bonds is 5. The predicted octanol–water partition coefficient (Wildman–Crippen LogP) is 2.78. The van der Waals surface area contributed by atoms with Crippen molar-refractivity contribution < 1.29 is 18.4 Å². The van der Waals surface area contributed by atoms with Crippen molar-refractivity contribution in [2.45, 2.75) is 19.4 Å². The maximum Gasteiger partial charge on any atom is 0.247 e. The van der Waals surface area contributed by atoms with Crippen molar-refractivity contribution in [3.63, 3.8) is 0 Å². The van der Waals surface area contributed by atoms with Crippen LogP contribution in [0.15, 0.2) is 48.5 Å². The zero-order valence-corrected chi connectivity index (χ0v) is 16.6. The first-order valence-corrected chi connectivity index (χ1v) is 10.1. The zero-order valence-electron chi connectivity index (χ0n) is 16.6. The second kappa shape index (κ2) is 8.49. The summed E-state index contributed by atoms with van der Waals surface area (Å²) in [7, 11) is 0. The fourth-order valence-electron chi connectivity index (χ4n) is 4.26. The molecule has 3 unspecified atom stereocenters. The van der Waals surface area contributed by atoms with E-state index in [0.29, 0.717) is 13.1 Å². The quantitative estimate of drug-likeness (QED) is 0.790. The second-order valence-electron chi connectivity index (χ2n) is 7.75. The molecule has 0 aliphatic carbocycles. The molecule has 2 N–H and O–H groups in total. The van der Waals surface area contributed by atoms with Crippen LogP contribution < -0.4 is 15.8 Å². The van der Waals surface area contributed by atoms with Gasteiger partial charge in [0.25, 0.3) is 0 Å². The van der Waals surface area contributed by atoms with E-state index in [1.807, 2.05) is 37.3 Å². The lowest BCUT2D eigenvalue weighted by atomic mass is 9.84. The monoisotopic (exact) mass is 414 g/mol. The van der Waals surface area contributed by atoms with Gasteiger partial charge in [0.1, 0.15) is 0 Å². The van der Waals surface area contributed by atoms with Crippen molar-refractivity contribution in [1.82, 2.24) is 10.3 Å². The first-order chi connectivity index (χ1) is 14.5. The number of likely N-dealkylation sites (tertiary alicyclic amines) is 1. The molecule has 2 aliphatic rings. The molecular formula is C22H24F2N4O2. The third-order valence-corrected chi connectivity index (χ3v) is 5.67. The maximum absolute atomic E-state index is 13.5. The van der Waals surface area contributed by atoms with Gasteiger partial charge in [-0.25, -0.2) is 19.2 Å². The van der Waals surface area contributed by atoms with Crippen LogP contribution in [-0.4, -0.2) is 42.4 Å². The van der Waals surface area contributed by atoms with Crippen LogP contribution in [-0.2, 0) is 9.59 Å². The summed E-state index contributed by atoms with van der Waals surface area (Å²) in [4.78, 5) is 28.3. The number of nitrogens with one attached hydrogen (secondary N) is 2. The second-order valence-corrected chi connectivity index (χ2v) is 7.75. The molecule has 0 spiro atoms. The van der Waals surface area contributed by atoms with Gasteiger partial charge in [0.2, 0.25) is 11.8 Å². The minimum atomic E-state index is -1.02. The van der Waals surface area contributed by atoms with E-state index in [0.717, 1.165) is 30.8 Å². The molecule has 3 atom stereocenters. The molecule has 0 bridgehead atoms. The molecule has 8 heteroatoms. The molecular weight excluding hydrogens is 390 g/mol. The minimum Gasteiger partial charge on any atom is -0.326 e. The lowest BCUT2D eigenvalue weighted by Gasteiger charge is -2.38. The standard InChI is InChI=1S/C22H24F2N4O2/c1-2-10-27-12-16(21(29)25-14-8-9-18(23)19(24)11-14)20-17(13-27)22(30)28(26-20)15-6-4-3-5-7-15/h3-9,11,16-17,20,26H,2,10,12-13H2,1H3,(H,25,29). The number of amides is 2. The summed E-state index contributed by atoms with van der Waals surface area (Å²) in [5.74, 6) is -3.29. The number of benzene rings is 2. The van der Waals surface area contributed by atoms with Gasteiger partial charge in [-0.2, -0.15) is 0 Å². The number of anilines is 2. The molecule has 2 amide bonds. The number of para-hydroxylation sites is 1. The minimum absolute atomic E-state index is 0.0716. The molecule has 4 rings (SSSR count). The predicted molar refractivity (Wildman–Crippen MR) is 110 cm³/mol. The third kappa shape index (κ3) is 3.93. The summed E-state index contributed by atoms with van der Waals surface area (Å²) in [6, 6.07) is 12.1. The van der Waals surface area contributed by atoms with E-state index in [4.69, 9.17) is 0 Å². The number of hydrazine groups is 1. The molecule has 2 saturated heterocycles. The Kier molecular flexibility index (Phi) is 5.78. The Morgan fingerprint density at radius 3 is 2.60 bits per heavy atom. The number of hydrogen-bond acceptors (Lipinski definition) is 4. The van der Waals surface area contributed by atoms with Crippen LogP contribution in [0.3, 0.4) is 0 Å². The van der Waals surface area contributed by atoms with Crippen LogP contribution in [0.1, 0.15) is 13.3 Å². The van der Waals surface area contributed by atoms with Crippen molar-refractivity contribution in [3.05, 3.63) is 60.2 Å². The highest BCUT2D eigenvalue weighted by atomic mass is 19.2. The van der Waals surface area contributed by atoms with Crippen LogP contribution in [0.5, 0.6) is 0 Å². The fourth-order valence-corrected chi connectivity index (χ4v) is 4.26. The molecule has 2 heterocycles. The van der Waals surface area contributed by atoms with Crippen LogP contribution in [0.25, 0.3) is 0 Å². The van der Waals surface area contributed by atoms with Gasteiger partial charge in [-0.05, 0) is 37.2 Å². The highest BCUT2D eigenvalue weighted by Crippen LogP contribution is 2.32. The average Bonchev–Trinajstić information content (AvgIpc) is 3.08. The molecule has 30 heavy (non-hydrogen) atoms. The van der Waals surface area contributed by atoms with Gasteiger partial charge >= 0.3 is 0 Å². The van der Waals surface area contributed by atoms with Gasteiger partial charge in [0, 0.05) is 24.8 Å². The van der Waals surface area contributed by atoms with Gasteiger partial charge in [-0.15, -0.1) is 0 Å². The average molecular weight is 414 g/mol. The lowest BCUT2D eigenvalue weighted by molar-refractivity contribution is -0.126. The van der Waals surface area contributed by atoms with E-state index < -0.39 is 17.6 Å². The van der Waals surface area contributed by atoms with Crippen molar-refractivity contribution in [2.75, 3.05) is 30.0 Å². The Hall–Kier alpha value is -2.84. The Morgan fingerprint density at radius 1 is 1.13 bits per heavy atom. The SMILES string of the molecule is CCCN1CC(C(=O)Nc2ccc(F)c(F)c2)C2NN(c3ccccc3)C(=O)C2C1. The summed E-state index contributed by atoms with van der Waals surface area (Å²) in [5, 5.41) is 4.20. The van der Waals surface area contributed by atoms with Gasteiger partial charge in [0.15, 0.2) is 11.6 Å². The van der Waals surface area contributed by atoms with Crippen molar-refractivity contribution in [1.29, 1.82) is 0 Å². The number of halogens is 2. The van der Waals surface area contributed by atoms with E-state index in [-0.39, 0.29) is 29.5 Å². The van der Waals surface area contributed by atoms with Crippen LogP contribution >= 0.6 is 0 Å². The number of carbonyl (C=O) groups is 2. The normalized spacial score (nSPS) is 24.0. The highest BCUT2D eigenvalue weighted by molar-refractivity contribution is 5.99. The van der Waals surface area contributed by atoms with E-state index >= 15 is 0 Å². The number of carbonyl (C=O) groups excluding carboxylic acids is 2. The number of piperidine rings is 1. The first kappa shape index (κ1) is 20.4. The van der Waals surface area contributed by atoms with E-state index in [2.05, 4.69) is 15.6 Å². The summed E-state index contributed by atoms with van der Waals surface area (Å²) < 4.78 is 26.7. The molecule has 0 radical (unpaired) electrons. The maximum atomic E-state index is 13.5. The van der Waals surface area contributed by atoms with Crippen molar-refractivity contribution in [3.8, 4) is 0 Å². The molecule has 158 valence electrons. The third-order valence-electron chi connectivity index (χ3n) is 5.67. The molecule has 2 aromatic carbocycles. The number of fused-ring (bicyclic) bond motifs is 1. The van der Waals surface area contributed by atoms with Crippen molar-refractivity contribution in [2.24, 2.45) is 11.8 Å². The number of hydrogen-bond donors (Lipinski definition) is 2. The molecule has 6 nitrogen and oxygen atoms in total. The topological polar surface area (TPSA) is 64.7 Å². The van der Waals surface area contributed by atoms with Crippen LogP contribution in [0, 0.1) is 23.5 Å². The Balaban J connectivity index is 1.58. The molecule has 0 saturated carbocycles. The van der Waals surface area contributed by atoms with E-state index in [1.54, 1.807) is 0 Å². The van der Waals surface area contributed by atoms with Gasteiger partial charge < -0.3 is 10.2 Å². The molecule has 2 aliphatic heterocycles. The highest BCUT2D eigenvalue weighted by Gasteiger charge is 2.50. The molecule has 0 aromatic heterocycles. The summed E-state index contributed by atoms with van der Waals surface area (Å²) >= 11 is 0. The van der Waals surface area contributed by atoms with Crippen LogP contribution in [0.2, 0.25) is 0 Å². The summed E-state index contributed by atoms with van der Waals surface area (Å²) in [6.45, 7) is 3.88. The van der Waals surface area contributed by atoms with Crippen LogP contribution in [0.4, 0.5) is 20.2 Å². The Bertz CT molecular complexity index is 940. The summed E-state index contributed by atoms with van der Waals surface area (Å²) in [5.41, 5.74) is 4.13. The van der Waals surface area contributed by atoms with Gasteiger partial charge in [-0.3, -0.25) is 9.59 Å². The molecule has 2 fully saturated rings. The van der Waals surface area contributed by atoms with E-state index in [1.165, 1.54) is 11.1 Å². The molecule has 2 aromatic rings. The van der Waals surface area contributed by atoms with Gasteiger partial charge in [0.05, 0.1) is 23.6 Å². The van der Waals surface area contributed by atoms with Gasteiger partial charge in [-0.1, -0.05) is 25.1 Å². The lowest BCUT2D eigenvalue weighted by Crippen LogP contribution is -2.56. The van der Waals surface area contributed by atoms with E-state index in [9.17, 15) is 18.4 Å². The van der Waals surface area contributed by atoms with Crippen molar-refractivity contribution >= 4 is 23.2 Å². The Morgan fingerprint density at radius 2 is 1.90 bits per heavy atom. The first-order valence-electron chi connectivity index (χ1n) is 10.1. The fraction of sp³-hybridized carbons (Fsp3) is 0.364. The summed E-state index contributed by atoms with van der Waals surface area (Å²) in [6.07, 6.45) is 0.902. The zero-order chi connectivity index (χ0) is 21.3. The largest absolute Gasteiger partial charge is 0.326 e. The Labute approximate surface area is 173 Å². The number of nitrogens with zero attached hydrogens (tertiary/aromatic N) is 2. The smallest absolute Gasteiger partial charge is 0.247 e.